The average Bonchev–Trinajstić information content (AvgIpc) is 3.27. The molecule has 1 amide bonds. The number of carbonyl (C=O) groups is 1. The van der Waals surface area contributed by atoms with Crippen molar-refractivity contribution in [2.75, 3.05) is 0 Å². The smallest absolute Gasteiger partial charge is 0.325 e. The maximum Gasteiger partial charge on any atom is 0.417 e. The van der Waals surface area contributed by atoms with Crippen molar-refractivity contribution in [3.63, 3.8) is 0 Å². The lowest BCUT2D eigenvalue weighted by Crippen LogP contribution is -2.27. The fourth-order valence-electron chi connectivity index (χ4n) is 2.88. The molecule has 1 atom stereocenters. The molecule has 0 spiro atoms. The number of fused-ring (bicyclic) bond motifs is 1. The third-order valence-electron chi connectivity index (χ3n) is 4.30. The third-order valence-corrected chi connectivity index (χ3v) is 5.22. The second-order valence-corrected chi connectivity index (χ2v) is 6.89. The molecule has 0 saturated heterocycles. The summed E-state index contributed by atoms with van der Waals surface area (Å²) in [5.41, 5.74) is 0.583. The molecule has 3 aromatic heterocycles. The van der Waals surface area contributed by atoms with Gasteiger partial charge in [0.1, 0.15) is 0 Å². The van der Waals surface area contributed by atoms with E-state index in [0.717, 1.165) is 28.3 Å². The lowest BCUT2D eigenvalue weighted by Gasteiger charge is -2.20. The number of hydrogen-bond acceptors (Lipinski definition) is 6. The Morgan fingerprint density at radius 3 is 2.63 bits per heavy atom. The molecule has 1 aliphatic heterocycles. The first-order valence-corrected chi connectivity index (χ1v) is 8.82. The number of nitrogens with zero attached hydrogens (tertiary/aromatic N) is 5. The number of aromatic nitrogens is 4. The average molecular weight is 391 g/mol. The van der Waals surface area contributed by atoms with E-state index in [1.807, 2.05) is 0 Å². The molecule has 0 aromatic carbocycles. The molecule has 10 heteroatoms. The van der Waals surface area contributed by atoms with E-state index >= 15 is 0 Å². The summed E-state index contributed by atoms with van der Waals surface area (Å²) in [6, 6.07) is 2.22. The zero-order valence-corrected chi connectivity index (χ0v) is 14.8. The quantitative estimate of drug-likeness (QED) is 0.666. The van der Waals surface area contributed by atoms with Gasteiger partial charge in [0.05, 0.1) is 28.7 Å². The maximum atomic E-state index is 12.8. The number of carbonyl (C=O) groups excluding carboxylic acids is 1. The monoisotopic (exact) mass is 391 g/mol. The van der Waals surface area contributed by atoms with E-state index in [2.05, 4.69) is 19.9 Å². The Labute approximate surface area is 155 Å². The second-order valence-electron chi connectivity index (χ2n) is 5.97. The Hall–Kier alpha value is -2.88. The molecule has 4 rings (SSSR count). The molecule has 0 fully saturated rings. The Bertz CT molecular complexity index is 1010. The summed E-state index contributed by atoms with van der Waals surface area (Å²) in [6.45, 7) is 1.99. The molecule has 4 heterocycles. The van der Waals surface area contributed by atoms with Crippen LogP contribution in [0.25, 0.3) is 11.6 Å². The van der Waals surface area contributed by atoms with E-state index in [1.165, 1.54) is 4.90 Å². The molecule has 27 heavy (non-hydrogen) atoms. The van der Waals surface area contributed by atoms with Crippen LogP contribution in [0.15, 0.2) is 36.1 Å². The minimum absolute atomic E-state index is 0.0431. The predicted molar refractivity (Wildman–Crippen MR) is 90.7 cm³/mol. The first-order valence-electron chi connectivity index (χ1n) is 7.94. The summed E-state index contributed by atoms with van der Waals surface area (Å²) in [5.74, 6) is 0.246. The van der Waals surface area contributed by atoms with E-state index in [1.54, 1.807) is 31.6 Å². The van der Waals surface area contributed by atoms with Gasteiger partial charge in [-0.3, -0.25) is 4.79 Å². The molecule has 138 valence electrons. The van der Waals surface area contributed by atoms with Gasteiger partial charge in [0.25, 0.3) is 5.91 Å². The van der Waals surface area contributed by atoms with Crippen LogP contribution >= 0.6 is 11.3 Å². The Morgan fingerprint density at radius 1 is 1.22 bits per heavy atom. The molecular weight excluding hydrogens is 379 g/mol. The van der Waals surface area contributed by atoms with Gasteiger partial charge in [0.2, 0.25) is 0 Å². The lowest BCUT2D eigenvalue weighted by molar-refractivity contribution is -0.137. The van der Waals surface area contributed by atoms with Crippen molar-refractivity contribution < 1.29 is 18.0 Å². The van der Waals surface area contributed by atoms with Crippen LogP contribution in [0.3, 0.4) is 0 Å². The molecule has 0 saturated carbocycles. The van der Waals surface area contributed by atoms with Gasteiger partial charge in [-0.05, 0) is 19.1 Å². The summed E-state index contributed by atoms with van der Waals surface area (Å²) in [5, 5.41) is 0.950. The Morgan fingerprint density at radius 2 is 1.96 bits per heavy atom. The fraction of sp³-hybridized carbons (Fsp3) is 0.235. The van der Waals surface area contributed by atoms with Crippen molar-refractivity contribution in [1.82, 2.24) is 24.8 Å². The van der Waals surface area contributed by atoms with Crippen molar-refractivity contribution in [2.45, 2.75) is 25.7 Å². The van der Waals surface area contributed by atoms with E-state index < -0.39 is 17.6 Å². The van der Waals surface area contributed by atoms with Gasteiger partial charge in [-0.25, -0.2) is 19.9 Å². The molecule has 3 aromatic rings. The van der Waals surface area contributed by atoms with Gasteiger partial charge < -0.3 is 4.90 Å². The highest BCUT2D eigenvalue weighted by Gasteiger charge is 2.36. The standard InChI is InChI=1S/C17H12F3N5OS/c1-9-11-6-23-15(14-21-3-2-4-22-14)24-12(11)7-25(9)16(26)13-5-10(8-27-13)17(18,19)20/h2-6,8-9H,7H2,1H3. The molecule has 0 N–H and O–H groups in total. The molecule has 0 aliphatic carbocycles. The fourth-order valence-corrected chi connectivity index (χ4v) is 3.75. The number of amides is 1. The van der Waals surface area contributed by atoms with Crippen LogP contribution < -0.4 is 0 Å². The highest BCUT2D eigenvalue weighted by molar-refractivity contribution is 7.12. The van der Waals surface area contributed by atoms with Crippen LogP contribution in [-0.2, 0) is 12.7 Å². The molecule has 0 radical (unpaired) electrons. The molecular formula is C17H12F3N5OS. The predicted octanol–water partition coefficient (Wildman–Crippen LogP) is 3.73. The normalized spacial score (nSPS) is 16.4. The summed E-state index contributed by atoms with van der Waals surface area (Å²) in [4.78, 5) is 31.1. The third kappa shape index (κ3) is 3.16. The Balaban J connectivity index is 1.60. The van der Waals surface area contributed by atoms with Crippen molar-refractivity contribution in [3.05, 3.63) is 57.8 Å². The first-order chi connectivity index (χ1) is 12.8. The van der Waals surface area contributed by atoms with E-state index in [-0.39, 0.29) is 17.5 Å². The second kappa shape index (κ2) is 6.38. The minimum atomic E-state index is -4.47. The first kappa shape index (κ1) is 17.5. The molecule has 1 aliphatic rings. The van der Waals surface area contributed by atoms with Gasteiger partial charge in [-0.1, -0.05) is 0 Å². The van der Waals surface area contributed by atoms with E-state index in [4.69, 9.17) is 0 Å². The van der Waals surface area contributed by atoms with Gasteiger partial charge in [-0.2, -0.15) is 13.2 Å². The van der Waals surface area contributed by atoms with Crippen molar-refractivity contribution in [1.29, 1.82) is 0 Å². The number of hydrogen-bond donors (Lipinski definition) is 0. The summed E-state index contributed by atoms with van der Waals surface area (Å²) >= 11 is 0.785. The maximum absolute atomic E-state index is 12.8. The number of rotatable bonds is 2. The number of halogens is 3. The van der Waals surface area contributed by atoms with Crippen molar-refractivity contribution in [2.24, 2.45) is 0 Å². The Kier molecular flexibility index (Phi) is 4.14. The number of thiophene rings is 1. The highest BCUT2D eigenvalue weighted by Crippen LogP contribution is 2.37. The van der Waals surface area contributed by atoms with Crippen LogP contribution in [0.2, 0.25) is 0 Å². The van der Waals surface area contributed by atoms with Gasteiger partial charge in [0, 0.05) is 29.5 Å². The van der Waals surface area contributed by atoms with Crippen LogP contribution in [0.1, 0.15) is 39.5 Å². The van der Waals surface area contributed by atoms with Gasteiger partial charge >= 0.3 is 6.18 Å². The van der Waals surface area contributed by atoms with E-state index in [9.17, 15) is 18.0 Å². The lowest BCUT2D eigenvalue weighted by atomic mass is 10.1. The van der Waals surface area contributed by atoms with E-state index in [0.29, 0.717) is 17.3 Å². The molecule has 6 nitrogen and oxygen atoms in total. The largest absolute Gasteiger partial charge is 0.417 e. The van der Waals surface area contributed by atoms with Crippen LogP contribution in [-0.4, -0.2) is 30.7 Å². The van der Waals surface area contributed by atoms with Crippen LogP contribution in [0.5, 0.6) is 0 Å². The van der Waals surface area contributed by atoms with Gasteiger partial charge in [-0.15, -0.1) is 11.3 Å². The summed E-state index contributed by atoms with van der Waals surface area (Å²) in [7, 11) is 0. The van der Waals surface area contributed by atoms with Gasteiger partial charge in [0.15, 0.2) is 11.6 Å². The summed E-state index contributed by atoms with van der Waals surface area (Å²) in [6.07, 6.45) is 0.297. The molecule has 0 bridgehead atoms. The van der Waals surface area contributed by atoms with Crippen LogP contribution in [0.4, 0.5) is 13.2 Å². The number of alkyl halides is 3. The van der Waals surface area contributed by atoms with Crippen LogP contribution in [0, 0.1) is 0 Å². The summed E-state index contributed by atoms with van der Waals surface area (Å²) < 4.78 is 38.4. The topological polar surface area (TPSA) is 71.9 Å². The zero-order valence-electron chi connectivity index (χ0n) is 13.9. The van der Waals surface area contributed by atoms with Crippen molar-refractivity contribution >= 4 is 17.2 Å². The zero-order chi connectivity index (χ0) is 19.2. The molecule has 1 unspecified atom stereocenters. The SMILES string of the molecule is CC1c2cnc(-c3ncccn3)nc2CN1C(=O)c1cc(C(F)(F)F)cs1. The highest BCUT2D eigenvalue weighted by atomic mass is 32.1. The van der Waals surface area contributed by atoms with Crippen molar-refractivity contribution in [3.8, 4) is 11.6 Å². The minimum Gasteiger partial charge on any atom is -0.325 e.